The molecule has 0 radical (unpaired) electrons. The van der Waals surface area contributed by atoms with Crippen molar-refractivity contribution in [2.24, 2.45) is 0 Å². The van der Waals surface area contributed by atoms with E-state index in [0.29, 0.717) is 24.2 Å². The zero-order valence-electron chi connectivity index (χ0n) is 19.0. The SMILES string of the molecule is CCOC(=O)c1ccn(-c2ccc(NC(=O)CN3C(=O)NC4(CCc5ccccc54)C3=O)cc2)n1. The second-order valence-electron chi connectivity index (χ2n) is 8.34. The topological polar surface area (TPSA) is 123 Å². The van der Waals surface area contributed by atoms with E-state index in [4.69, 9.17) is 4.74 Å². The van der Waals surface area contributed by atoms with E-state index in [-0.39, 0.29) is 12.3 Å². The van der Waals surface area contributed by atoms with Crippen molar-refractivity contribution in [3.63, 3.8) is 0 Å². The number of nitrogens with one attached hydrogen (secondary N) is 2. The lowest BCUT2D eigenvalue weighted by molar-refractivity contribution is -0.134. The number of rotatable bonds is 6. The highest BCUT2D eigenvalue weighted by Gasteiger charge is 2.55. The van der Waals surface area contributed by atoms with Crippen molar-refractivity contribution >= 4 is 29.5 Å². The summed E-state index contributed by atoms with van der Waals surface area (Å²) in [6, 6.07) is 15.3. The number of amides is 4. The Labute approximate surface area is 200 Å². The van der Waals surface area contributed by atoms with Crippen LogP contribution in [0.15, 0.2) is 60.8 Å². The van der Waals surface area contributed by atoms with Crippen LogP contribution in [0.25, 0.3) is 5.69 Å². The molecule has 3 aromatic rings. The summed E-state index contributed by atoms with van der Waals surface area (Å²) in [6.45, 7) is 1.59. The fourth-order valence-electron chi connectivity index (χ4n) is 4.56. The fraction of sp³-hybridized carbons (Fsp3) is 0.240. The lowest BCUT2D eigenvalue weighted by Gasteiger charge is -2.22. The molecule has 10 nitrogen and oxygen atoms in total. The molecule has 35 heavy (non-hydrogen) atoms. The molecule has 5 rings (SSSR count). The van der Waals surface area contributed by atoms with Gasteiger partial charge in [0.2, 0.25) is 5.91 Å². The standard InChI is InChI=1S/C25H23N5O5/c1-2-35-22(32)20-12-14-30(28-20)18-9-7-17(8-10-18)26-21(31)15-29-23(33)25(27-24(29)34)13-11-16-5-3-4-6-19(16)25/h3-10,12,14H,2,11,13,15H2,1H3,(H,26,31)(H,27,34). The van der Waals surface area contributed by atoms with Crippen LogP contribution in [0, 0.1) is 0 Å². The first-order valence-electron chi connectivity index (χ1n) is 11.3. The number of fused-ring (bicyclic) bond motifs is 2. The Morgan fingerprint density at radius 1 is 1.11 bits per heavy atom. The normalized spacial score (nSPS) is 18.5. The van der Waals surface area contributed by atoms with Gasteiger partial charge < -0.3 is 15.4 Å². The quantitative estimate of drug-likeness (QED) is 0.419. The molecule has 1 unspecified atom stereocenters. The number of hydrogen-bond acceptors (Lipinski definition) is 6. The van der Waals surface area contributed by atoms with Crippen LogP contribution in [0.4, 0.5) is 10.5 Å². The van der Waals surface area contributed by atoms with Crippen LogP contribution in [-0.4, -0.2) is 51.6 Å². The molecule has 0 bridgehead atoms. The highest BCUT2D eigenvalue weighted by Crippen LogP contribution is 2.41. The summed E-state index contributed by atoms with van der Waals surface area (Å²) >= 11 is 0. The predicted molar refractivity (Wildman–Crippen MR) is 125 cm³/mol. The third-order valence-electron chi connectivity index (χ3n) is 6.21. The first-order valence-corrected chi connectivity index (χ1v) is 11.3. The number of nitrogens with zero attached hydrogens (tertiary/aromatic N) is 3. The monoisotopic (exact) mass is 473 g/mol. The molecule has 178 valence electrons. The molecule has 2 N–H and O–H groups in total. The van der Waals surface area contributed by atoms with Crippen molar-refractivity contribution in [1.82, 2.24) is 20.0 Å². The molecule has 1 aromatic heterocycles. The molecule has 1 aliphatic carbocycles. The van der Waals surface area contributed by atoms with Crippen molar-refractivity contribution in [3.05, 3.63) is 77.6 Å². The molecule has 10 heteroatoms. The second kappa shape index (κ2) is 8.71. The number of carbonyl (C=O) groups is 4. The zero-order chi connectivity index (χ0) is 24.6. The number of anilines is 1. The third kappa shape index (κ3) is 3.92. The number of aromatic nitrogens is 2. The van der Waals surface area contributed by atoms with E-state index in [2.05, 4.69) is 15.7 Å². The number of carbonyl (C=O) groups excluding carboxylic acids is 4. The highest BCUT2D eigenvalue weighted by atomic mass is 16.5. The number of ether oxygens (including phenoxy) is 1. The molecule has 0 saturated carbocycles. The number of hydrogen-bond donors (Lipinski definition) is 2. The van der Waals surface area contributed by atoms with Gasteiger partial charge in [-0.1, -0.05) is 24.3 Å². The van der Waals surface area contributed by atoms with Gasteiger partial charge >= 0.3 is 12.0 Å². The lowest BCUT2D eigenvalue weighted by Crippen LogP contribution is -2.42. The maximum absolute atomic E-state index is 13.2. The molecule has 4 amide bonds. The Bertz CT molecular complexity index is 1330. The summed E-state index contributed by atoms with van der Waals surface area (Å²) in [7, 11) is 0. The van der Waals surface area contributed by atoms with Crippen molar-refractivity contribution in [2.45, 2.75) is 25.3 Å². The lowest BCUT2D eigenvalue weighted by atomic mass is 9.92. The Morgan fingerprint density at radius 3 is 2.66 bits per heavy atom. The van der Waals surface area contributed by atoms with Gasteiger partial charge in [0.15, 0.2) is 5.69 Å². The summed E-state index contributed by atoms with van der Waals surface area (Å²) < 4.78 is 6.46. The van der Waals surface area contributed by atoms with Gasteiger partial charge in [-0.15, -0.1) is 0 Å². The fourth-order valence-corrected chi connectivity index (χ4v) is 4.56. The zero-order valence-corrected chi connectivity index (χ0v) is 19.0. The summed E-state index contributed by atoms with van der Waals surface area (Å²) in [5.41, 5.74) is 2.09. The minimum Gasteiger partial charge on any atom is -0.461 e. The molecule has 2 aliphatic rings. The van der Waals surface area contributed by atoms with E-state index in [0.717, 1.165) is 16.0 Å². The van der Waals surface area contributed by atoms with E-state index in [1.54, 1.807) is 43.5 Å². The molecule has 2 aromatic carbocycles. The average Bonchev–Trinajstić information content (AvgIpc) is 3.55. The van der Waals surface area contributed by atoms with Gasteiger partial charge in [0, 0.05) is 11.9 Å². The van der Waals surface area contributed by atoms with Crippen LogP contribution in [0.5, 0.6) is 0 Å². The molecule has 1 fully saturated rings. The van der Waals surface area contributed by atoms with Gasteiger partial charge in [-0.3, -0.25) is 14.5 Å². The molecule has 2 heterocycles. The second-order valence-corrected chi connectivity index (χ2v) is 8.34. The van der Waals surface area contributed by atoms with Gasteiger partial charge in [0.1, 0.15) is 12.1 Å². The maximum Gasteiger partial charge on any atom is 0.358 e. The first-order chi connectivity index (χ1) is 16.9. The summed E-state index contributed by atoms with van der Waals surface area (Å²) in [6.07, 6.45) is 2.79. The van der Waals surface area contributed by atoms with Crippen molar-refractivity contribution < 1.29 is 23.9 Å². The van der Waals surface area contributed by atoms with Gasteiger partial charge in [0.05, 0.1) is 12.3 Å². The Hall–Kier alpha value is -4.47. The van der Waals surface area contributed by atoms with E-state index >= 15 is 0 Å². The minimum atomic E-state index is -1.10. The minimum absolute atomic E-state index is 0.195. The maximum atomic E-state index is 13.2. The largest absolute Gasteiger partial charge is 0.461 e. The van der Waals surface area contributed by atoms with E-state index < -0.39 is 35.9 Å². The Balaban J connectivity index is 1.24. The number of aryl methyl sites for hydroxylation is 1. The molecule has 1 atom stereocenters. The third-order valence-corrected chi connectivity index (χ3v) is 6.21. The van der Waals surface area contributed by atoms with Crippen molar-refractivity contribution in [3.8, 4) is 5.69 Å². The predicted octanol–water partition coefficient (Wildman–Crippen LogP) is 2.38. The van der Waals surface area contributed by atoms with Gasteiger partial charge in [0.25, 0.3) is 5.91 Å². The molecular formula is C25H23N5O5. The summed E-state index contributed by atoms with van der Waals surface area (Å²) in [5.74, 6) is -1.40. The molecule has 1 saturated heterocycles. The smallest absolute Gasteiger partial charge is 0.358 e. The van der Waals surface area contributed by atoms with E-state index in [9.17, 15) is 19.2 Å². The van der Waals surface area contributed by atoms with Crippen LogP contribution in [0.2, 0.25) is 0 Å². The molecule has 1 aliphatic heterocycles. The van der Waals surface area contributed by atoms with Gasteiger partial charge in [-0.2, -0.15) is 5.10 Å². The number of benzene rings is 2. The van der Waals surface area contributed by atoms with Crippen LogP contribution in [0.1, 0.15) is 35.0 Å². The summed E-state index contributed by atoms with van der Waals surface area (Å²) in [5, 5.41) is 9.71. The van der Waals surface area contributed by atoms with E-state index in [1.807, 2.05) is 24.3 Å². The van der Waals surface area contributed by atoms with Crippen LogP contribution < -0.4 is 10.6 Å². The van der Waals surface area contributed by atoms with Crippen LogP contribution >= 0.6 is 0 Å². The summed E-state index contributed by atoms with van der Waals surface area (Å²) in [4.78, 5) is 51.2. The molecule has 1 spiro atoms. The average molecular weight is 473 g/mol. The highest BCUT2D eigenvalue weighted by molar-refractivity contribution is 6.10. The van der Waals surface area contributed by atoms with Crippen LogP contribution in [-0.2, 0) is 26.3 Å². The number of imide groups is 1. The molecular weight excluding hydrogens is 450 g/mol. The van der Waals surface area contributed by atoms with E-state index in [1.165, 1.54) is 4.68 Å². The Kier molecular flexibility index (Phi) is 5.56. The van der Waals surface area contributed by atoms with Crippen LogP contribution in [0.3, 0.4) is 0 Å². The van der Waals surface area contributed by atoms with Crippen molar-refractivity contribution in [2.75, 3.05) is 18.5 Å². The first kappa shape index (κ1) is 22.3. The Morgan fingerprint density at radius 2 is 1.89 bits per heavy atom. The van der Waals surface area contributed by atoms with Gasteiger partial charge in [-0.25, -0.2) is 14.3 Å². The van der Waals surface area contributed by atoms with Crippen molar-refractivity contribution in [1.29, 1.82) is 0 Å². The van der Waals surface area contributed by atoms with Gasteiger partial charge in [-0.05, 0) is 61.2 Å². The number of esters is 1. The number of urea groups is 1.